The molecule has 0 radical (unpaired) electrons. The summed E-state index contributed by atoms with van der Waals surface area (Å²) in [5.74, 6) is 0.487. The summed E-state index contributed by atoms with van der Waals surface area (Å²) in [6.45, 7) is 2.04. The van der Waals surface area contributed by atoms with Crippen LogP contribution in [0.2, 0.25) is 0 Å². The van der Waals surface area contributed by atoms with Crippen LogP contribution in [0.1, 0.15) is 19.8 Å². The van der Waals surface area contributed by atoms with Crippen molar-refractivity contribution in [3.8, 4) is 11.8 Å². The monoisotopic (exact) mass is 406 g/mol. The summed E-state index contributed by atoms with van der Waals surface area (Å²) in [5, 5.41) is 10.4. The smallest absolute Gasteiger partial charge is 0.243 e. The molecular weight excluding hydrogens is 384 g/mol. The van der Waals surface area contributed by atoms with Crippen molar-refractivity contribution in [2.45, 2.75) is 30.8 Å². The predicted molar refractivity (Wildman–Crippen MR) is 102 cm³/mol. The molecule has 3 rings (SSSR count). The van der Waals surface area contributed by atoms with Crippen molar-refractivity contribution < 1.29 is 22.7 Å². The Bertz CT molecular complexity index is 916. The molecule has 0 aliphatic carbocycles. The molecule has 0 spiro atoms. The lowest BCUT2D eigenvalue weighted by Crippen LogP contribution is -2.44. The van der Waals surface area contributed by atoms with E-state index in [0.29, 0.717) is 30.4 Å². The maximum Gasteiger partial charge on any atom is 0.243 e. The van der Waals surface area contributed by atoms with Crippen LogP contribution in [0.25, 0.3) is 0 Å². The van der Waals surface area contributed by atoms with Crippen molar-refractivity contribution in [2.24, 2.45) is 0 Å². The standard InChI is InChI=1S/C18H22N4O5S/c1-13(23)19-14-5-7-16(8-6-14)28(24,25)22-11-3-4-15(12-22)27-18-10-9-17(26-2)20-21-18/h5-10,15H,3-4,11-12H2,1-2H3,(H,19,23). The fourth-order valence-corrected chi connectivity index (χ4v) is 4.44. The number of hydrogen-bond donors (Lipinski definition) is 1. The van der Waals surface area contributed by atoms with E-state index in [4.69, 9.17) is 9.47 Å². The Hall–Kier alpha value is -2.72. The third kappa shape index (κ3) is 4.76. The lowest BCUT2D eigenvalue weighted by atomic mass is 10.1. The largest absolute Gasteiger partial charge is 0.480 e. The van der Waals surface area contributed by atoms with Crippen LogP contribution in [0, 0.1) is 0 Å². The molecular formula is C18H22N4O5S. The van der Waals surface area contributed by atoms with Crippen LogP contribution in [0.4, 0.5) is 5.69 Å². The van der Waals surface area contributed by atoms with E-state index >= 15 is 0 Å². The fourth-order valence-electron chi connectivity index (χ4n) is 2.93. The first-order chi connectivity index (χ1) is 13.4. The number of amides is 1. The van der Waals surface area contributed by atoms with Gasteiger partial charge in [0.2, 0.25) is 27.7 Å². The number of benzene rings is 1. The van der Waals surface area contributed by atoms with Gasteiger partial charge in [-0.15, -0.1) is 10.2 Å². The Labute approximate surface area is 163 Å². The van der Waals surface area contributed by atoms with E-state index in [0.717, 1.165) is 6.42 Å². The third-order valence-corrected chi connectivity index (χ3v) is 6.14. The van der Waals surface area contributed by atoms with Crippen molar-refractivity contribution in [3.05, 3.63) is 36.4 Å². The minimum Gasteiger partial charge on any atom is -0.480 e. The van der Waals surface area contributed by atoms with Gasteiger partial charge in [-0.2, -0.15) is 4.31 Å². The van der Waals surface area contributed by atoms with Crippen molar-refractivity contribution in [1.82, 2.24) is 14.5 Å². The number of rotatable bonds is 6. The molecule has 1 aromatic heterocycles. The number of carbonyl (C=O) groups is 1. The molecule has 1 N–H and O–H groups in total. The Morgan fingerprint density at radius 3 is 2.43 bits per heavy atom. The predicted octanol–water partition coefficient (Wildman–Crippen LogP) is 1.68. The number of carbonyl (C=O) groups excluding carboxylic acids is 1. The number of nitrogens with zero attached hydrogens (tertiary/aromatic N) is 3. The molecule has 1 atom stereocenters. The van der Waals surface area contributed by atoms with Gasteiger partial charge in [0.15, 0.2) is 0 Å². The quantitative estimate of drug-likeness (QED) is 0.777. The van der Waals surface area contributed by atoms with Gasteiger partial charge in [0.05, 0.1) is 18.6 Å². The van der Waals surface area contributed by atoms with Gasteiger partial charge in [-0.1, -0.05) is 0 Å². The Morgan fingerprint density at radius 1 is 1.14 bits per heavy atom. The number of nitrogens with one attached hydrogen (secondary N) is 1. The molecule has 10 heteroatoms. The molecule has 150 valence electrons. The summed E-state index contributed by atoms with van der Waals surface area (Å²) in [7, 11) is -2.16. The van der Waals surface area contributed by atoms with Crippen LogP contribution in [-0.2, 0) is 14.8 Å². The van der Waals surface area contributed by atoms with Crippen LogP contribution < -0.4 is 14.8 Å². The van der Waals surface area contributed by atoms with Crippen molar-refractivity contribution >= 4 is 21.6 Å². The highest BCUT2D eigenvalue weighted by Gasteiger charge is 2.31. The fraction of sp³-hybridized carbons (Fsp3) is 0.389. The topological polar surface area (TPSA) is 111 Å². The van der Waals surface area contributed by atoms with Gasteiger partial charge in [-0.05, 0) is 37.1 Å². The highest BCUT2D eigenvalue weighted by Crippen LogP contribution is 2.24. The lowest BCUT2D eigenvalue weighted by Gasteiger charge is -2.31. The van der Waals surface area contributed by atoms with Crippen LogP contribution in [0.15, 0.2) is 41.3 Å². The average Bonchev–Trinajstić information content (AvgIpc) is 2.69. The molecule has 2 heterocycles. The van der Waals surface area contributed by atoms with Gasteiger partial charge in [0, 0.05) is 31.3 Å². The van der Waals surface area contributed by atoms with E-state index in [1.54, 1.807) is 24.3 Å². The van der Waals surface area contributed by atoms with E-state index < -0.39 is 10.0 Å². The second kappa shape index (κ2) is 8.53. The Balaban J connectivity index is 1.68. The summed E-state index contributed by atoms with van der Waals surface area (Å²) < 4.78 is 38.0. The molecule has 0 saturated carbocycles. The molecule has 0 bridgehead atoms. The van der Waals surface area contributed by atoms with Crippen molar-refractivity contribution in [3.63, 3.8) is 0 Å². The first-order valence-electron chi connectivity index (χ1n) is 8.80. The van der Waals surface area contributed by atoms with E-state index in [-0.39, 0.29) is 23.5 Å². The normalized spacial score (nSPS) is 17.7. The molecule has 2 aromatic rings. The summed E-state index contributed by atoms with van der Waals surface area (Å²) in [4.78, 5) is 11.3. The zero-order valence-electron chi connectivity index (χ0n) is 15.7. The summed E-state index contributed by atoms with van der Waals surface area (Å²) >= 11 is 0. The van der Waals surface area contributed by atoms with Crippen LogP contribution in [0.3, 0.4) is 0 Å². The first-order valence-corrected chi connectivity index (χ1v) is 10.2. The second-order valence-corrected chi connectivity index (χ2v) is 8.30. The zero-order valence-corrected chi connectivity index (χ0v) is 16.5. The lowest BCUT2D eigenvalue weighted by molar-refractivity contribution is -0.114. The number of piperidine rings is 1. The number of methoxy groups -OCH3 is 1. The molecule has 1 fully saturated rings. The number of anilines is 1. The molecule has 1 aliphatic heterocycles. The maximum absolute atomic E-state index is 12.9. The Morgan fingerprint density at radius 2 is 1.82 bits per heavy atom. The number of sulfonamides is 1. The van der Waals surface area contributed by atoms with Crippen LogP contribution in [0.5, 0.6) is 11.8 Å². The molecule has 9 nitrogen and oxygen atoms in total. The SMILES string of the molecule is COc1ccc(OC2CCCN(S(=O)(=O)c3ccc(NC(C)=O)cc3)C2)nn1. The second-order valence-electron chi connectivity index (χ2n) is 6.36. The summed E-state index contributed by atoms with van der Waals surface area (Å²) in [5.41, 5.74) is 0.546. The van der Waals surface area contributed by atoms with Crippen LogP contribution in [-0.4, -0.2) is 55.1 Å². The number of ether oxygens (including phenoxy) is 2. The highest BCUT2D eigenvalue weighted by molar-refractivity contribution is 7.89. The molecule has 1 aromatic carbocycles. The molecule has 28 heavy (non-hydrogen) atoms. The third-order valence-electron chi connectivity index (χ3n) is 4.27. The minimum atomic E-state index is -3.66. The van der Waals surface area contributed by atoms with Gasteiger partial charge >= 0.3 is 0 Å². The van der Waals surface area contributed by atoms with E-state index in [2.05, 4.69) is 15.5 Å². The van der Waals surface area contributed by atoms with E-state index in [9.17, 15) is 13.2 Å². The number of aromatic nitrogens is 2. The molecule has 1 aliphatic rings. The highest BCUT2D eigenvalue weighted by atomic mass is 32.2. The number of hydrogen-bond acceptors (Lipinski definition) is 7. The van der Waals surface area contributed by atoms with Gasteiger partial charge in [0.25, 0.3) is 0 Å². The van der Waals surface area contributed by atoms with Crippen molar-refractivity contribution in [1.29, 1.82) is 0 Å². The summed E-state index contributed by atoms with van der Waals surface area (Å²) in [6, 6.07) is 9.38. The Kier molecular flexibility index (Phi) is 6.10. The van der Waals surface area contributed by atoms with Crippen LogP contribution >= 0.6 is 0 Å². The van der Waals surface area contributed by atoms with Gasteiger partial charge in [-0.3, -0.25) is 4.79 Å². The van der Waals surface area contributed by atoms with Gasteiger partial charge < -0.3 is 14.8 Å². The van der Waals surface area contributed by atoms with E-state index in [1.807, 2.05) is 0 Å². The average molecular weight is 406 g/mol. The summed E-state index contributed by atoms with van der Waals surface area (Å²) in [6.07, 6.45) is 1.09. The zero-order chi connectivity index (χ0) is 20.1. The first kappa shape index (κ1) is 20.0. The van der Waals surface area contributed by atoms with E-state index in [1.165, 1.54) is 30.5 Å². The molecule has 1 amide bonds. The molecule has 1 unspecified atom stereocenters. The minimum absolute atomic E-state index is 0.173. The van der Waals surface area contributed by atoms with Gasteiger partial charge in [0.1, 0.15) is 6.10 Å². The van der Waals surface area contributed by atoms with Gasteiger partial charge in [-0.25, -0.2) is 8.42 Å². The molecule has 1 saturated heterocycles. The van der Waals surface area contributed by atoms with Crippen molar-refractivity contribution in [2.75, 3.05) is 25.5 Å². The maximum atomic E-state index is 12.9.